The van der Waals surface area contributed by atoms with E-state index in [2.05, 4.69) is 5.32 Å². The molecule has 0 atom stereocenters. The molecular formula is C11H20F3NO. The highest BCUT2D eigenvalue weighted by Crippen LogP contribution is 2.39. The molecule has 5 heteroatoms. The second-order valence-electron chi connectivity index (χ2n) is 4.46. The van der Waals surface area contributed by atoms with E-state index in [4.69, 9.17) is 4.74 Å². The van der Waals surface area contributed by atoms with Gasteiger partial charge in [0.2, 0.25) is 0 Å². The number of ether oxygens (including phenoxy) is 1. The minimum atomic E-state index is -3.99. The van der Waals surface area contributed by atoms with E-state index in [1.165, 1.54) is 0 Å². The van der Waals surface area contributed by atoms with Gasteiger partial charge in [-0.1, -0.05) is 0 Å². The van der Waals surface area contributed by atoms with Gasteiger partial charge in [0.05, 0.1) is 12.5 Å². The van der Waals surface area contributed by atoms with Gasteiger partial charge in [-0.3, -0.25) is 0 Å². The zero-order valence-electron chi connectivity index (χ0n) is 9.65. The maximum Gasteiger partial charge on any atom is 0.391 e. The summed E-state index contributed by atoms with van der Waals surface area (Å²) < 4.78 is 42.0. The third-order valence-electron chi connectivity index (χ3n) is 3.23. The van der Waals surface area contributed by atoms with Crippen LogP contribution in [0.5, 0.6) is 0 Å². The van der Waals surface area contributed by atoms with Crippen molar-refractivity contribution in [3.05, 3.63) is 0 Å². The molecule has 1 fully saturated rings. The third kappa shape index (κ3) is 4.70. The first kappa shape index (κ1) is 13.8. The van der Waals surface area contributed by atoms with Crippen LogP contribution in [0.1, 0.15) is 25.7 Å². The largest absolute Gasteiger partial charge is 0.391 e. The van der Waals surface area contributed by atoms with E-state index in [-0.39, 0.29) is 0 Å². The molecule has 0 unspecified atom stereocenters. The molecule has 0 spiro atoms. The van der Waals surface area contributed by atoms with Crippen LogP contribution in [0.4, 0.5) is 13.2 Å². The van der Waals surface area contributed by atoms with Crippen molar-refractivity contribution in [2.45, 2.75) is 31.9 Å². The Labute approximate surface area is 94.5 Å². The van der Waals surface area contributed by atoms with Crippen molar-refractivity contribution in [1.29, 1.82) is 0 Å². The molecule has 1 rings (SSSR count). The van der Waals surface area contributed by atoms with Gasteiger partial charge in [-0.05, 0) is 38.1 Å². The molecule has 0 aromatic rings. The van der Waals surface area contributed by atoms with Gasteiger partial charge < -0.3 is 10.1 Å². The quantitative estimate of drug-likeness (QED) is 0.745. The summed E-state index contributed by atoms with van der Waals surface area (Å²) in [5.41, 5.74) is 0. The second kappa shape index (κ2) is 6.45. The summed E-state index contributed by atoms with van der Waals surface area (Å²) in [7, 11) is 1.64. The van der Waals surface area contributed by atoms with Crippen molar-refractivity contribution in [2.75, 3.05) is 26.8 Å². The molecule has 2 nitrogen and oxygen atoms in total. The average Bonchev–Trinajstić information content (AvgIpc) is 2.24. The Hall–Kier alpha value is -0.290. The Morgan fingerprint density at radius 3 is 2.31 bits per heavy atom. The Kier molecular flexibility index (Phi) is 5.55. The highest BCUT2D eigenvalue weighted by Gasteiger charge is 2.41. The maximum atomic E-state index is 12.4. The van der Waals surface area contributed by atoms with E-state index in [1.54, 1.807) is 7.11 Å². The van der Waals surface area contributed by atoms with Gasteiger partial charge in [0.15, 0.2) is 0 Å². The Balaban J connectivity index is 2.12. The number of alkyl halides is 3. The predicted molar refractivity (Wildman–Crippen MR) is 56.2 cm³/mol. The van der Waals surface area contributed by atoms with Crippen LogP contribution in [0.3, 0.4) is 0 Å². The average molecular weight is 239 g/mol. The smallest absolute Gasteiger partial charge is 0.383 e. The lowest BCUT2D eigenvalue weighted by atomic mass is 9.81. The molecule has 96 valence electrons. The SMILES string of the molecule is COCCNCC1CCC(C(F)(F)F)CC1. The normalized spacial score (nSPS) is 27.0. The molecule has 0 aromatic carbocycles. The Bertz CT molecular complexity index is 188. The first-order valence-electron chi connectivity index (χ1n) is 5.80. The molecule has 1 aliphatic carbocycles. The number of nitrogens with one attached hydrogen (secondary N) is 1. The lowest BCUT2D eigenvalue weighted by molar-refractivity contribution is -0.183. The molecule has 0 bridgehead atoms. The summed E-state index contributed by atoms with van der Waals surface area (Å²) in [6.07, 6.45) is -2.04. The van der Waals surface area contributed by atoms with Crippen molar-refractivity contribution in [1.82, 2.24) is 5.32 Å². The van der Waals surface area contributed by atoms with Crippen molar-refractivity contribution in [2.24, 2.45) is 11.8 Å². The van der Waals surface area contributed by atoms with Gasteiger partial charge in [0, 0.05) is 13.7 Å². The molecule has 16 heavy (non-hydrogen) atoms. The van der Waals surface area contributed by atoms with Crippen LogP contribution < -0.4 is 5.32 Å². The number of rotatable bonds is 5. The van der Waals surface area contributed by atoms with Gasteiger partial charge in [0.25, 0.3) is 0 Å². The van der Waals surface area contributed by atoms with Crippen molar-refractivity contribution >= 4 is 0 Å². The molecule has 0 aliphatic heterocycles. The van der Waals surface area contributed by atoms with Crippen LogP contribution in [0.25, 0.3) is 0 Å². The summed E-state index contributed by atoms with van der Waals surface area (Å²) in [5.74, 6) is -0.668. The van der Waals surface area contributed by atoms with Crippen LogP contribution in [0.15, 0.2) is 0 Å². The highest BCUT2D eigenvalue weighted by atomic mass is 19.4. The molecule has 1 N–H and O–H groups in total. The maximum absolute atomic E-state index is 12.4. The molecule has 0 amide bonds. The van der Waals surface area contributed by atoms with E-state index in [1.807, 2.05) is 0 Å². The van der Waals surface area contributed by atoms with Gasteiger partial charge >= 0.3 is 6.18 Å². The minimum absolute atomic E-state index is 0.292. The summed E-state index contributed by atoms with van der Waals surface area (Å²) in [6, 6.07) is 0. The van der Waals surface area contributed by atoms with E-state index < -0.39 is 12.1 Å². The number of methoxy groups -OCH3 is 1. The van der Waals surface area contributed by atoms with Crippen molar-refractivity contribution < 1.29 is 17.9 Å². The molecule has 0 saturated heterocycles. The predicted octanol–water partition coefficient (Wildman–Crippen LogP) is 2.59. The first-order chi connectivity index (χ1) is 7.54. The number of hydrogen-bond donors (Lipinski definition) is 1. The van der Waals surface area contributed by atoms with Gasteiger partial charge in [-0.2, -0.15) is 13.2 Å². The van der Waals surface area contributed by atoms with E-state index in [0.29, 0.717) is 38.2 Å². The molecule has 1 saturated carbocycles. The molecule has 0 heterocycles. The monoisotopic (exact) mass is 239 g/mol. The van der Waals surface area contributed by atoms with Crippen molar-refractivity contribution in [3.63, 3.8) is 0 Å². The van der Waals surface area contributed by atoms with Crippen LogP contribution in [-0.2, 0) is 4.74 Å². The Morgan fingerprint density at radius 1 is 1.19 bits per heavy atom. The van der Waals surface area contributed by atoms with Gasteiger partial charge in [-0.15, -0.1) is 0 Å². The van der Waals surface area contributed by atoms with E-state index in [9.17, 15) is 13.2 Å². The fraction of sp³-hybridized carbons (Fsp3) is 1.00. The zero-order chi connectivity index (χ0) is 12.0. The molecule has 0 aromatic heterocycles. The van der Waals surface area contributed by atoms with E-state index >= 15 is 0 Å². The summed E-state index contributed by atoms with van der Waals surface area (Å²) in [6.45, 7) is 2.24. The second-order valence-corrected chi connectivity index (χ2v) is 4.46. The van der Waals surface area contributed by atoms with Crippen molar-refractivity contribution in [3.8, 4) is 0 Å². The minimum Gasteiger partial charge on any atom is -0.383 e. The first-order valence-corrected chi connectivity index (χ1v) is 5.80. The zero-order valence-corrected chi connectivity index (χ0v) is 9.65. The molecule has 0 radical (unpaired) electrons. The van der Waals surface area contributed by atoms with Gasteiger partial charge in [0.1, 0.15) is 0 Å². The standard InChI is InChI=1S/C11H20F3NO/c1-16-7-6-15-8-9-2-4-10(5-3-9)11(12,13)14/h9-10,15H,2-8H2,1H3. The van der Waals surface area contributed by atoms with Crippen LogP contribution >= 0.6 is 0 Å². The molecular weight excluding hydrogens is 219 g/mol. The molecule has 1 aliphatic rings. The third-order valence-corrected chi connectivity index (χ3v) is 3.23. The lowest BCUT2D eigenvalue weighted by Crippen LogP contribution is -2.32. The summed E-state index contributed by atoms with van der Waals surface area (Å²) >= 11 is 0. The fourth-order valence-corrected chi connectivity index (χ4v) is 2.17. The number of hydrogen-bond acceptors (Lipinski definition) is 2. The van der Waals surface area contributed by atoms with Crippen LogP contribution in [0, 0.1) is 11.8 Å². The lowest BCUT2D eigenvalue weighted by Gasteiger charge is -2.29. The summed E-state index contributed by atoms with van der Waals surface area (Å²) in [5, 5.41) is 3.20. The van der Waals surface area contributed by atoms with Gasteiger partial charge in [-0.25, -0.2) is 0 Å². The fourth-order valence-electron chi connectivity index (χ4n) is 2.17. The Morgan fingerprint density at radius 2 is 1.81 bits per heavy atom. The highest BCUT2D eigenvalue weighted by molar-refractivity contribution is 4.78. The topological polar surface area (TPSA) is 21.3 Å². The number of halogens is 3. The summed E-state index contributed by atoms with van der Waals surface area (Å²) in [4.78, 5) is 0. The van der Waals surface area contributed by atoms with E-state index in [0.717, 1.165) is 13.1 Å². The van der Waals surface area contributed by atoms with Crippen LogP contribution in [-0.4, -0.2) is 33.0 Å². The van der Waals surface area contributed by atoms with Crippen LogP contribution in [0.2, 0.25) is 0 Å².